The lowest BCUT2D eigenvalue weighted by Gasteiger charge is -2.21. The van der Waals surface area contributed by atoms with Crippen molar-refractivity contribution >= 4 is 39.5 Å². The molecule has 510 valence electrons. The third-order valence-corrected chi connectivity index (χ3v) is 17.6. The number of aliphatic hydroxyl groups excluding tert-OH is 1. The van der Waals surface area contributed by atoms with Crippen LogP contribution in [-0.4, -0.2) is 96.7 Å². The van der Waals surface area contributed by atoms with Crippen LogP contribution in [0.3, 0.4) is 0 Å². The van der Waals surface area contributed by atoms with Crippen molar-refractivity contribution in [2.45, 2.75) is 349 Å². The van der Waals surface area contributed by atoms with Crippen molar-refractivity contribution < 1.29 is 80.2 Å². The molecule has 0 aliphatic rings. The number of aliphatic hydroxyl groups is 1. The molecule has 17 nitrogen and oxygen atoms in total. The Labute approximate surface area is 524 Å². The molecular formula is C67H130O17P2. The number of hydrogen-bond acceptors (Lipinski definition) is 15. The second kappa shape index (κ2) is 58.2. The van der Waals surface area contributed by atoms with Crippen molar-refractivity contribution in [1.29, 1.82) is 0 Å². The highest BCUT2D eigenvalue weighted by atomic mass is 31.2. The maximum Gasteiger partial charge on any atom is 0.472 e. The number of unbranched alkanes of at least 4 members (excludes halogenated alkanes) is 32. The van der Waals surface area contributed by atoms with Crippen molar-refractivity contribution in [3.63, 3.8) is 0 Å². The second-order valence-electron chi connectivity index (χ2n) is 25.4. The fraction of sp³-hybridized carbons (Fsp3) is 0.940. The van der Waals surface area contributed by atoms with Crippen LogP contribution in [0.25, 0.3) is 0 Å². The minimum atomic E-state index is -4.95. The molecule has 0 aliphatic heterocycles. The molecular weight excluding hydrogens is 1140 g/mol. The molecule has 3 N–H and O–H groups in total. The number of hydrogen-bond donors (Lipinski definition) is 3. The zero-order valence-electron chi connectivity index (χ0n) is 55.8. The van der Waals surface area contributed by atoms with Gasteiger partial charge in [-0.1, -0.05) is 280 Å². The van der Waals surface area contributed by atoms with Crippen LogP contribution in [0.1, 0.15) is 331 Å². The fourth-order valence-electron chi connectivity index (χ4n) is 9.98. The van der Waals surface area contributed by atoms with Gasteiger partial charge in [-0.15, -0.1) is 0 Å². The summed E-state index contributed by atoms with van der Waals surface area (Å²) in [7, 11) is -9.89. The van der Waals surface area contributed by atoms with Gasteiger partial charge in [-0.3, -0.25) is 37.3 Å². The van der Waals surface area contributed by atoms with Crippen LogP contribution in [0, 0.1) is 17.8 Å². The van der Waals surface area contributed by atoms with Crippen LogP contribution in [0.5, 0.6) is 0 Å². The first-order valence-electron chi connectivity index (χ1n) is 34.9. The molecule has 19 heteroatoms. The molecule has 86 heavy (non-hydrogen) atoms. The van der Waals surface area contributed by atoms with E-state index < -0.39 is 97.5 Å². The summed E-state index contributed by atoms with van der Waals surface area (Å²) >= 11 is 0. The molecule has 0 amide bonds. The lowest BCUT2D eigenvalue weighted by Crippen LogP contribution is -2.30. The first-order valence-corrected chi connectivity index (χ1v) is 37.9. The van der Waals surface area contributed by atoms with Crippen LogP contribution in [0.15, 0.2) is 0 Å². The number of phosphoric acid groups is 2. The highest BCUT2D eigenvalue weighted by Crippen LogP contribution is 2.45. The summed E-state index contributed by atoms with van der Waals surface area (Å²) in [6.07, 6.45) is 40.3. The van der Waals surface area contributed by atoms with Crippen LogP contribution in [-0.2, 0) is 65.4 Å². The van der Waals surface area contributed by atoms with Crippen molar-refractivity contribution in [2.24, 2.45) is 17.8 Å². The van der Waals surface area contributed by atoms with Crippen LogP contribution in [0.2, 0.25) is 0 Å². The zero-order valence-corrected chi connectivity index (χ0v) is 57.6. The first kappa shape index (κ1) is 84.1. The van der Waals surface area contributed by atoms with Gasteiger partial charge in [0.25, 0.3) is 0 Å². The number of carbonyl (C=O) groups excluding carboxylic acids is 4. The molecule has 0 aromatic rings. The molecule has 0 rings (SSSR count). The van der Waals surface area contributed by atoms with E-state index >= 15 is 0 Å². The molecule has 3 unspecified atom stereocenters. The maximum absolute atomic E-state index is 13.0. The lowest BCUT2D eigenvalue weighted by atomic mass is 10.00. The molecule has 0 spiro atoms. The summed E-state index contributed by atoms with van der Waals surface area (Å²) in [4.78, 5) is 72.3. The van der Waals surface area contributed by atoms with E-state index in [0.717, 1.165) is 108 Å². The molecule has 6 atom stereocenters. The predicted octanol–water partition coefficient (Wildman–Crippen LogP) is 18.7. The van der Waals surface area contributed by atoms with Gasteiger partial charge in [-0.05, 0) is 43.4 Å². The minimum absolute atomic E-state index is 0.103. The quantitative estimate of drug-likeness (QED) is 0.0222. The Kier molecular flexibility index (Phi) is 56.9. The topological polar surface area (TPSA) is 237 Å². The standard InChI is InChI=1S/C67H130O17P2/c1-8-10-11-12-13-19-26-34-41-48-64(69)77-55-63(84-67(72)51-44-37-30-29-33-40-47-60(7)9-2)57-82-86(75,76)80-53-61(68)52-79-85(73,74)81-56-62(54-78-65(70)49-42-35-27-23-18-21-25-32-39-46-59(5)6)83-66(71)50-43-36-28-22-17-15-14-16-20-24-31-38-45-58(3)4/h58-63,68H,8-57H2,1-7H3,(H,73,74)(H,75,76)/t60?,61-,62-,63-/m1/s1. The van der Waals surface area contributed by atoms with Gasteiger partial charge in [0.2, 0.25) is 0 Å². The van der Waals surface area contributed by atoms with Gasteiger partial charge in [-0.25, -0.2) is 9.13 Å². The monoisotopic (exact) mass is 1270 g/mol. The number of carbonyl (C=O) groups is 4. The van der Waals surface area contributed by atoms with E-state index in [1.807, 2.05) is 0 Å². The van der Waals surface area contributed by atoms with Crippen molar-refractivity contribution in [1.82, 2.24) is 0 Å². The Hall–Kier alpha value is -1.94. The van der Waals surface area contributed by atoms with E-state index in [4.69, 9.17) is 37.0 Å². The lowest BCUT2D eigenvalue weighted by molar-refractivity contribution is -0.161. The summed E-state index contributed by atoms with van der Waals surface area (Å²) < 4.78 is 68.1. The third-order valence-electron chi connectivity index (χ3n) is 15.7. The summed E-state index contributed by atoms with van der Waals surface area (Å²) in [5.41, 5.74) is 0. The third kappa shape index (κ3) is 59.7. The Morgan fingerprint density at radius 3 is 0.884 bits per heavy atom. The highest BCUT2D eigenvalue weighted by molar-refractivity contribution is 7.47. The van der Waals surface area contributed by atoms with Gasteiger partial charge in [0, 0.05) is 25.7 Å². The molecule has 0 aromatic heterocycles. The van der Waals surface area contributed by atoms with E-state index in [1.54, 1.807) is 0 Å². The predicted molar refractivity (Wildman–Crippen MR) is 344 cm³/mol. The van der Waals surface area contributed by atoms with E-state index in [0.29, 0.717) is 25.7 Å². The van der Waals surface area contributed by atoms with Gasteiger partial charge in [0.15, 0.2) is 12.2 Å². The fourth-order valence-corrected chi connectivity index (χ4v) is 11.6. The molecule has 0 bridgehead atoms. The summed E-state index contributed by atoms with van der Waals surface area (Å²) in [6.45, 7) is 11.7. The summed E-state index contributed by atoms with van der Waals surface area (Å²) in [6, 6.07) is 0. The highest BCUT2D eigenvalue weighted by Gasteiger charge is 2.30. The number of esters is 4. The van der Waals surface area contributed by atoms with E-state index in [2.05, 4.69) is 48.5 Å². The normalized spacial score (nSPS) is 14.6. The average Bonchev–Trinajstić information content (AvgIpc) is 3.67. The first-order chi connectivity index (χ1) is 41.3. The average molecular weight is 1270 g/mol. The van der Waals surface area contributed by atoms with Crippen LogP contribution >= 0.6 is 15.6 Å². The smallest absolute Gasteiger partial charge is 0.462 e. The van der Waals surface area contributed by atoms with Gasteiger partial charge in [-0.2, -0.15) is 0 Å². The van der Waals surface area contributed by atoms with Crippen molar-refractivity contribution in [3.05, 3.63) is 0 Å². The van der Waals surface area contributed by atoms with Gasteiger partial charge < -0.3 is 33.8 Å². The van der Waals surface area contributed by atoms with Crippen molar-refractivity contribution in [3.8, 4) is 0 Å². The molecule has 0 aromatic carbocycles. The van der Waals surface area contributed by atoms with Crippen LogP contribution < -0.4 is 0 Å². The van der Waals surface area contributed by atoms with Crippen LogP contribution in [0.4, 0.5) is 0 Å². The zero-order chi connectivity index (χ0) is 63.8. The summed E-state index contributed by atoms with van der Waals surface area (Å²) in [5, 5.41) is 10.6. The second-order valence-corrected chi connectivity index (χ2v) is 28.3. The SMILES string of the molecule is CCCCCCCCCCCC(=O)OC[C@H](COP(=O)(O)OC[C@H](O)COP(=O)(O)OC[C@@H](COC(=O)CCCCCCCCCCCC(C)C)OC(=O)CCCCCCCCCCCCCCC(C)C)OC(=O)CCCCCCCCC(C)CC. The molecule has 0 heterocycles. The Morgan fingerprint density at radius 1 is 0.337 bits per heavy atom. The Morgan fingerprint density at radius 2 is 0.593 bits per heavy atom. The molecule has 0 fully saturated rings. The van der Waals surface area contributed by atoms with Gasteiger partial charge >= 0.3 is 39.5 Å². The summed E-state index contributed by atoms with van der Waals surface area (Å²) in [5.74, 6) is 0.107. The van der Waals surface area contributed by atoms with Crippen molar-refractivity contribution in [2.75, 3.05) is 39.6 Å². The molecule has 0 saturated heterocycles. The van der Waals surface area contributed by atoms with Gasteiger partial charge in [0.1, 0.15) is 19.3 Å². The molecule has 0 aliphatic carbocycles. The minimum Gasteiger partial charge on any atom is -0.462 e. The largest absolute Gasteiger partial charge is 0.472 e. The number of rotatable bonds is 65. The van der Waals surface area contributed by atoms with Gasteiger partial charge in [0.05, 0.1) is 26.4 Å². The van der Waals surface area contributed by atoms with E-state index in [-0.39, 0.29) is 25.7 Å². The maximum atomic E-state index is 13.0. The Balaban J connectivity index is 5.24. The van der Waals surface area contributed by atoms with E-state index in [9.17, 15) is 43.2 Å². The molecule has 0 saturated carbocycles. The number of ether oxygens (including phenoxy) is 4. The number of phosphoric ester groups is 2. The molecule has 0 radical (unpaired) electrons. The Bertz CT molecular complexity index is 1700. The van der Waals surface area contributed by atoms with E-state index in [1.165, 1.54) is 141 Å².